The van der Waals surface area contributed by atoms with Crippen LogP contribution >= 0.6 is 15.9 Å². The zero-order chi connectivity index (χ0) is 15.2. The lowest BCUT2D eigenvalue weighted by Gasteiger charge is -2.14. The van der Waals surface area contributed by atoms with Gasteiger partial charge in [-0.3, -0.25) is 0 Å². The third kappa shape index (κ3) is 2.69. The fourth-order valence-electron chi connectivity index (χ4n) is 2.28. The highest BCUT2D eigenvalue weighted by Crippen LogP contribution is 2.42. The van der Waals surface area contributed by atoms with Gasteiger partial charge in [-0.2, -0.15) is 13.2 Å². The Morgan fingerprint density at radius 3 is 2.57 bits per heavy atom. The molecule has 1 aromatic carbocycles. The number of nitrogens with zero attached hydrogens (tertiary/aromatic N) is 3. The first kappa shape index (κ1) is 14.5. The monoisotopic (exact) mass is 361 g/mol. The summed E-state index contributed by atoms with van der Waals surface area (Å²) in [5, 5.41) is 16.9. The summed E-state index contributed by atoms with van der Waals surface area (Å²) >= 11 is 3.06. The first-order valence-corrected chi connectivity index (χ1v) is 7.13. The average molecular weight is 362 g/mol. The third-order valence-corrected chi connectivity index (χ3v) is 3.84. The van der Waals surface area contributed by atoms with Crippen LogP contribution in [0.1, 0.15) is 30.3 Å². The fourth-order valence-corrected chi connectivity index (χ4v) is 2.64. The second-order valence-electron chi connectivity index (χ2n) is 4.89. The molecule has 0 atom stereocenters. The number of hydrogen-bond acceptors (Lipinski definition) is 3. The SMILES string of the molecule is OCc1nnc(-c2ccc(Br)cc2C(F)(F)F)n1C1CC1. The van der Waals surface area contributed by atoms with Crippen LogP contribution in [0.3, 0.4) is 0 Å². The minimum atomic E-state index is -4.49. The zero-order valence-electron chi connectivity index (χ0n) is 10.7. The van der Waals surface area contributed by atoms with E-state index < -0.39 is 11.7 Å². The molecule has 1 aliphatic rings. The molecule has 1 N–H and O–H groups in total. The second-order valence-corrected chi connectivity index (χ2v) is 5.80. The smallest absolute Gasteiger partial charge is 0.388 e. The largest absolute Gasteiger partial charge is 0.417 e. The van der Waals surface area contributed by atoms with Crippen LogP contribution in [0.5, 0.6) is 0 Å². The molecule has 0 bridgehead atoms. The third-order valence-electron chi connectivity index (χ3n) is 3.35. The van der Waals surface area contributed by atoms with Crippen LogP contribution in [0.15, 0.2) is 22.7 Å². The van der Waals surface area contributed by atoms with E-state index in [4.69, 9.17) is 0 Å². The molecular formula is C13H11BrF3N3O. The van der Waals surface area contributed by atoms with Gasteiger partial charge in [-0.25, -0.2) is 0 Å². The summed E-state index contributed by atoms with van der Waals surface area (Å²) in [5.41, 5.74) is -0.791. The lowest BCUT2D eigenvalue weighted by atomic mass is 10.1. The van der Waals surface area contributed by atoms with E-state index >= 15 is 0 Å². The van der Waals surface area contributed by atoms with Gasteiger partial charge in [0.15, 0.2) is 11.6 Å². The number of aliphatic hydroxyl groups is 1. The van der Waals surface area contributed by atoms with Crippen LogP contribution in [-0.4, -0.2) is 19.9 Å². The van der Waals surface area contributed by atoms with Crippen molar-refractivity contribution in [3.05, 3.63) is 34.1 Å². The first-order valence-electron chi connectivity index (χ1n) is 6.33. The Hall–Kier alpha value is -1.41. The molecule has 0 aliphatic heterocycles. The van der Waals surface area contributed by atoms with Gasteiger partial charge in [0, 0.05) is 16.1 Å². The average Bonchev–Trinajstić information content (AvgIpc) is 3.17. The van der Waals surface area contributed by atoms with Crippen molar-refractivity contribution in [2.45, 2.75) is 31.7 Å². The van der Waals surface area contributed by atoms with Crippen LogP contribution in [-0.2, 0) is 12.8 Å². The summed E-state index contributed by atoms with van der Waals surface area (Å²) in [6, 6.07) is 4.01. The Bertz CT molecular complexity index is 680. The molecular weight excluding hydrogens is 351 g/mol. The Balaban J connectivity index is 2.19. The highest BCUT2D eigenvalue weighted by atomic mass is 79.9. The first-order chi connectivity index (χ1) is 9.91. The van der Waals surface area contributed by atoms with Crippen molar-refractivity contribution in [1.82, 2.24) is 14.8 Å². The molecule has 0 saturated heterocycles. The minimum absolute atomic E-state index is 0.0233. The maximum absolute atomic E-state index is 13.2. The lowest BCUT2D eigenvalue weighted by Crippen LogP contribution is -2.10. The molecule has 2 aromatic rings. The standard InChI is InChI=1S/C13H11BrF3N3O/c14-7-1-4-9(10(5-7)13(15,16)17)12-19-18-11(6-21)20(12)8-2-3-8/h1,4-5,8,21H,2-3,6H2. The number of rotatable bonds is 3. The van der Waals surface area contributed by atoms with Crippen LogP contribution in [0.4, 0.5) is 13.2 Å². The Kier molecular flexibility index (Phi) is 3.53. The maximum Gasteiger partial charge on any atom is 0.417 e. The molecule has 0 unspecified atom stereocenters. The van der Waals surface area contributed by atoms with Crippen LogP contribution in [0.25, 0.3) is 11.4 Å². The molecule has 0 amide bonds. The van der Waals surface area contributed by atoms with Gasteiger partial charge in [0.05, 0.1) is 5.56 Å². The highest BCUT2D eigenvalue weighted by Gasteiger charge is 2.37. The fraction of sp³-hybridized carbons (Fsp3) is 0.385. The van der Waals surface area contributed by atoms with E-state index in [-0.39, 0.29) is 24.0 Å². The topological polar surface area (TPSA) is 50.9 Å². The number of aromatic nitrogens is 3. The second kappa shape index (κ2) is 5.10. The zero-order valence-corrected chi connectivity index (χ0v) is 12.3. The van der Waals surface area contributed by atoms with E-state index in [2.05, 4.69) is 26.1 Å². The van der Waals surface area contributed by atoms with Crippen molar-refractivity contribution in [3.63, 3.8) is 0 Å². The van der Waals surface area contributed by atoms with Crippen molar-refractivity contribution in [2.75, 3.05) is 0 Å². The Labute approximate surface area is 126 Å². The molecule has 112 valence electrons. The predicted octanol–water partition coefficient (Wildman–Crippen LogP) is 3.55. The summed E-state index contributed by atoms with van der Waals surface area (Å²) in [4.78, 5) is 0. The quantitative estimate of drug-likeness (QED) is 0.909. The molecule has 21 heavy (non-hydrogen) atoms. The van der Waals surface area contributed by atoms with Gasteiger partial charge in [-0.1, -0.05) is 15.9 Å². The normalized spacial score (nSPS) is 15.5. The van der Waals surface area contributed by atoms with Crippen molar-refractivity contribution in [2.24, 2.45) is 0 Å². The molecule has 1 fully saturated rings. The van der Waals surface area contributed by atoms with Gasteiger partial charge in [0.2, 0.25) is 0 Å². The van der Waals surface area contributed by atoms with Gasteiger partial charge < -0.3 is 9.67 Å². The van der Waals surface area contributed by atoms with E-state index in [0.717, 1.165) is 18.9 Å². The number of benzene rings is 1. The van der Waals surface area contributed by atoms with E-state index in [1.54, 1.807) is 4.57 Å². The van der Waals surface area contributed by atoms with Crippen LogP contribution in [0.2, 0.25) is 0 Å². The molecule has 1 aliphatic carbocycles. The van der Waals surface area contributed by atoms with Crippen molar-refractivity contribution in [1.29, 1.82) is 0 Å². The highest BCUT2D eigenvalue weighted by molar-refractivity contribution is 9.10. The number of alkyl halides is 3. The van der Waals surface area contributed by atoms with Gasteiger partial charge in [-0.15, -0.1) is 10.2 Å². The molecule has 1 saturated carbocycles. The molecule has 3 rings (SSSR count). The molecule has 0 radical (unpaired) electrons. The minimum Gasteiger partial charge on any atom is -0.388 e. The summed E-state index contributed by atoms with van der Waals surface area (Å²) in [5.74, 6) is 0.449. The van der Waals surface area contributed by atoms with E-state index in [1.165, 1.54) is 12.1 Å². The Morgan fingerprint density at radius 2 is 2.00 bits per heavy atom. The van der Waals surface area contributed by atoms with Gasteiger partial charge in [0.1, 0.15) is 6.61 Å². The summed E-state index contributed by atoms with van der Waals surface area (Å²) < 4.78 is 41.6. The van der Waals surface area contributed by atoms with Gasteiger partial charge in [-0.05, 0) is 31.0 Å². The van der Waals surface area contributed by atoms with Crippen molar-refractivity contribution >= 4 is 15.9 Å². The summed E-state index contributed by atoms with van der Waals surface area (Å²) in [6.07, 6.45) is -2.77. The molecule has 1 aromatic heterocycles. The van der Waals surface area contributed by atoms with Crippen molar-refractivity contribution < 1.29 is 18.3 Å². The van der Waals surface area contributed by atoms with Crippen LogP contribution < -0.4 is 0 Å². The molecule has 1 heterocycles. The molecule has 4 nitrogen and oxygen atoms in total. The van der Waals surface area contributed by atoms with E-state index in [9.17, 15) is 18.3 Å². The predicted molar refractivity (Wildman–Crippen MR) is 72.4 cm³/mol. The summed E-state index contributed by atoms with van der Waals surface area (Å²) in [7, 11) is 0. The van der Waals surface area contributed by atoms with Crippen molar-refractivity contribution in [3.8, 4) is 11.4 Å². The van der Waals surface area contributed by atoms with Gasteiger partial charge in [0.25, 0.3) is 0 Å². The summed E-state index contributed by atoms with van der Waals surface area (Å²) in [6.45, 7) is -0.346. The number of halogens is 4. The van der Waals surface area contributed by atoms with Gasteiger partial charge >= 0.3 is 6.18 Å². The maximum atomic E-state index is 13.2. The van der Waals surface area contributed by atoms with Crippen LogP contribution in [0, 0.1) is 0 Å². The number of hydrogen-bond donors (Lipinski definition) is 1. The van der Waals surface area contributed by atoms with E-state index in [1.807, 2.05) is 0 Å². The molecule has 8 heteroatoms. The molecule has 0 spiro atoms. The number of aliphatic hydroxyl groups excluding tert-OH is 1. The van der Waals surface area contributed by atoms with E-state index in [0.29, 0.717) is 10.3 Å². The Morgan fingerprint density at radius 1 is 1.29 bits per heavy atom. The lowest BCUT2D eigenvalue weighted by molar-refractivity contribution is -0.137.